The van der Waals surface area contributed by atoms with Crippen LogP contribution in [0.3, 0.4) is 0 Å². The first-order valence-electron chi connectivity index (χ1n) is 3.33. The van der Waals surface area contributed by atoms with E-state index in [1.54, 1.807) is 12.3 Å². The third-order valence-corrected chi connectivity index (χ3v) is 2.10. The summed E-state index contributed by atoms with van der Waals surface area (Å²) < 4.78 is 0.652. The van der Waals surface area contributed by atoms with E-state index in [-0.39, 0.29) is 5.56 Å². The molecule has 0 aliphatic rings. The molecule has 0 radical (unpaired) electrons. The first-order valence-corrected chi connectivity index (χ1v) is 4.12. The summed E-state index contributed by atoms with van der Waals surface area (Å²) >= 11 is 3.17. The fourth-order valence-electron chi connectivity index (χ4n) is 0.814. The molecule has 1 aromatic rings. The summed E-state index contributed by atoms with van der Waals surface area (Å²) in [5, 5.41) is 19.4. The van der Waals surface area contributed by atoms with E-state index in [1.165, 1.54) is 12.1 Å². The zero-order valence-electron chi connectivity index (χ0n) is 6.41. The molecule has 5 heteroatoms. The maximum atomic E-state index is 10.5. The number of carboxylic acids is 1. The molecule has 0 aliphatic heterocycles. The molecule has 0 bridgehead atoms. The van der Waals surface area contributed by atoms with Crippen LogP contribution in [0.25, 0.3) is 0 Å². The van der Waals surface area contributed by atoms with Crippen LogP contribution in [0.1, 0.15) is 10.4 Å². The summed E-state index contributed by atoms with van der Waals surface area (Å²) in [4.78, 5) is 10.5. The molecule has 4 nitrogen and oxygen atoms in total. The summed E-state index contributed by atoms with van der Waals surface area (Å²) in [6.45, 7) is 0. The second kappa shape index (κ2) is 3.92. The number of carbonyl (C=O) groups is 1. The highest BCUT2D eigenvalue weighted by molar-refractivity contribution is 9.10. The van der Waals surface area contributed by atoms with Gasteiger partial charge in [-0.05, 0) is 34.1 Å². The number of benzene rings is 1. The standard InChI is InChI=1S/C8H5BrN2O2/c9-6-2-1-5(8(12)13)3-7(6)11-4-10/h1-3,11H,(H,12,13). The number of anilines is 1. The predicted octanol–water partition coefficient (Wildman–Crippen LogP) is 2.04. The minimum absolute atomic E-state index is 0.140. The lowest BCUT2D eigenvalue weighted by molar-refractivity contribution is 0.0697. The molecule has 0 saturated heterocycles. The van der Waals surface area contributed by atoms with Crippen molar-refractivity contribution in [1.29, 1.82) is 5.26 Å². The largest absolute Gasteiger partial charge is 0.478 e. The van der Waals surface area contributed by atoms with E-state index in [2.05, 4.69) is 21.2 Å². The number of rotatable bonds is 2. The summed E-state index contributed by atoms with van der Waals surface area (Å²) in [7, 11) is 0. The van der Waals surface area contributed by atoms with Crippen molar-refractivity contribution in [3.05, 3.63) is 28.2 Å². The third-order valence-electron chi connectivity index (χ3n) is 1.40. The van der Waals surface area contributed by atoms with Crippen LogP contribution in [0.5, 0.6) is 0 Å². The van der Waals surface area contributed by atoms with Gasteiger partial charge in [-0.2, -0.15) is 5.26 Å². The number of nitriles is 1. The number of hydrogen-bond acceptors (Lipinski definition) is 3. The van der Waals surface area contributed by atoms with Crippen LogP contribution in [0, 0.1) is 11.5 Å². The van der Waals surface area contributed by atoms with Crippen LogP contribution in [-0.2, 0) is 0 Å². The molecule has 0 aromatic heterocycles. The van der Waals surface area contributed by atoms with Crippen molar-refractivity contribution in [3.63, 3.8) is 0 Å². The summed E-state index contributed by atoms with van der Waals surface area (Å²) in [6, 6.07) is 4.41. The zero-order valence-corrected chi connectivity index (χ0v) is 8.00. The van der Waals surface area contributed by atoms with Crippen molar-refractivity contribution in [3.8, 4) is 6.19 Å². The normalized spacial score (nSPS) is 8.92. The second-order valence-electron chi connectivity index (χ2n) is 2.24. The second-order valence-corrected chi connectivity index (χ2v) is 3.09. The van der Waals surface area contributed by atoms with E-state index >= 15 is 0 Å². The lowest BCUT2D eigenvalue weighted by atomic mass is 10.2. The molecule has 0 saturated carbocycles. The van der Waals surface area contributed by atoms with Crippen molar-refractivity contribution >= 4 is 27.6 Å². The lowest BCUT2D eigenvalue weighted by Gasteiger charge is -2.01. The number of hydrogen-bond donors (Lipinski definition) is 2. The number of nitrogens with one attached hydrogen (secondary N) is 1. The molecule has 1 rings (SSSR count). The Hall–Kier alpha value is -1.54. The molecule has 0 spiro atoms. The van der Waals surface area contributed by atoms with Crippen molar-refractivity contribution < 1.29 is 9.90 Å². The molecule has 2 N–H and O–H groups in total. The first kappa shape index (κ1) is 9.55. The number of nitrogens with zero attached hydrogens (tertiary/aromatic N) is 1. The highest BCUT2D eigenvalue weighted by Crippen LogP contribution is 2.23. The van der Waals surface area contributed by atoms with Crippen molar-refractivity contribution in [1.82, 2.24) is 0 Å². The first-order chi connectivity index (χ1) is 6.15. The topological polar surface area (TPSA) is 73.1 Å². The minimum Gasteiger partial charge on any atom is -0.478 e. The van der Waals surface area contributed by atoms with Crippen molar-refractivity contribution in [2.75, 3.05) is 5.32 Å². The van der Waals surface area contributed by atoms with Crippen LogP contribution in [0.2, 0.25) is 0 Å². The Kier molecular flexibility index (Phi) is 2.88. The summed E-state index contributed by atoms with van der Waals surface area (Å²) in [6.07, 6.45) is 1.72. The fraction of sp³-hybridized carbons (Fsp3) is 0. The Morgan fingerprint density at radius 1 is 1.62 bits per heavy atom. The van der Waals surface area contributed by atoms with E-state index in [9.17, 15) is 4.79 Å². The van der Waals surface area contributed by atoms with Gasteiger partial charge in [0.05, 0.1) is 11.3 Å². The number of aromatic carboxylic acids is 1. The quantitative estimate of drug-likeness (QED) is 0.613. The van der Waals surface area contributed by atoms with E-state index < -0.39 is 5.97 Å². The van der Waals surface area contributed by atoms with Gasteiger partial charge >= 0.3 is 5.97 Å². The molecule has 1 aromatic carbocycles. The van der Waals surface area contributed by atoms with Gasteiger partial charge in [-0.25, -0.2) is 4.79 Å². The molecule has 0 atom stereocenters. The Labute approximate surface area is 82.9 Å². The van der Waals surface area contributed by atoms with Crippen molar-refractivity contribution in [2.45, 2.75) is 0 Å². The summed E-state index contributed by atoms with van der Waals surface area (Å²) in [5.74, 6) is -1.02. The third kappa shape index (κ3) is 2.20. The van der Waals surface area contributed by atoms with Gasteiger partial charge in [-0.3, -0.25) is 5.32 Å². The molecule has 0 aliphatic carbocycles. The molecular weight excluding hydrogens is 236 g/mol. The van der Waals surface area contributed by atoms with Gasteiger partial charge in [0, 0.05) is 4.47 Å². The molecule has 0 amide bonds. The highest BCUT2D eigenvalue weighted by Gasteiger charge is 2.05. The van der Waals surface area contributed by atoms with Gasteiger partial charge in [0.25, 0.3) is 0 Å². The molecule has 13 heavy (non-hydrogen) atoms. The van der Waals surface area contributed by atoms with Gasteiger partial charge in [-0.15, -0.1) is 0 Å². The Bertz CT molecular complexity index is 384. The van der Waals surface area contributed by atoms with Gasteiger partial charge in [0.2, 0.25) is 0 Å². The highest BCUT2D eigenvalue weighted by atomic mass is 79.9. The zero-order chi connectivity index (χ0) is 9.84. The lowest BCUT2D eigenvalue weighted by Crippen LogP contribution is -1.98. The molecule has 0 fully saturated rings. The Morgan fingerprint density at radius 2 is 2.31 bits per heavy atom. The predicted molar refractivity (Wildman–Crippen MR) is 50.3 cm³/mol. The Balaban J connectivity index is 3.12. The van der Waals surface area contributed by atoms with E-state index in [4.69, 9.17) is 10.4 Å². The molecule has 0 heterocycles. The molecule has 0 unspecified atom stereocenters. The fourth-order valence-corrected chi connectivity index (χ4v) is 1.16. The van der Waals surface area contributed by atoms with Crippen LogP contribution in [-0.4, -0.2) is 11.1 Å². The molecule has 66 valence electrons. The SMILES string of the molecule is N#CNc1cc(C(=O)O)ccc1Br. The average Bonchev–Trinajstić information content (AvgIpc) is 2.08. The van der Waals surface area contributed by atoms with Crippen LogP contribution >= 0.6 is 15.9 Å². The van der Waals surface area contributed by atoms with Crippen LogP contribution < -0.4 is 5.32 Å². The number of halogens is 1. The minimum atomic E-state index is -1.02. The summed E-state index contributed by atoms with van der Waals surface area (Å²) in [5.41, 5.74) is 0.586. The van der Waals surface area contributed by atoms with E-state index in [0.717, 1.165) is 0 Å². The van der Waals surface area contributed by atoms with Gasteiger partial charge in [0.15, 0.2) is 6.19 Å². The maximum Gasteiger partial charge on any atom is 0.335 e. The van der Waals surface area contributed by atoms with E-state index in [0.29, 0.717) is 10.2 Å². The number of carboxylic acid groups (broad SMARTS) is 1. The van der Waals surface area contributed by atoms with Gasteiger partial charge in [0.1, 0.15) is 0 Å². The Morgan fingerprint density at radius 3 is 2.85 bits per heavy atom. The van der Waals surface area contributed by atoms with Gasteiger partial charge < -0.3 is 5.11 Å². The average molecular weight is 241 g/mol. The molecular formula is C8H5BrN2O2. The van der Waals surface area contributed by atoms with Crippen LogP contribution in [0.4, 0.5) is 5.69 Å². The monoisotopic (exact) mass is 240 g/mol. The van der Waals surface area contributed by atoms with Crippen LogP contribution in [0.15, 0.2) is 22.7 Å². The maximum absolute atomic E-state index is 10.5. The van der Waals surface area contributed by atoms with Gasteiger partial charge in [-0.1, -0.05) is 0 Å². The van der Waals surface area contributed by atoms with E-state index in [1.807, 2.05) is 0 Å². The van der Waals surface area contributed by atoms with Crippen molar-refractivity contribution in [2.24, 2.45) is 0 Å². The smallest absolute Gasteiger partial charge is 0.335 e.